The van der Waals surface area contributed by atoms with Crippen molar-refractivity contribution >= 4 is 39.4 Å². The maximum absolute atomic E-state index is 13.8. The lowest BCUT2D eigenvalue weighted by atomic mass is 10.1. The average Bonchev–Trinajstić information content (AvgIpc) is 3.10. The third kappa shape index (κ3) is 4.50. The zero-order valence-corrected chi connectivity index (χ0v) is 16.8. The van der Waals surface area contributed by atoms with Crippen molar-refractivity contribution in [2.75, 3.05) is 26.2 Å². The molecule has 0 bridgehead atoms. The molecule has 3 heterocycles. The van der Waals surface area contributed by atoms with Crippen LogP contribution in [0.1, 0.15) is 25.7 Å². The second-order valence-electron chi connectivity index (χ2n) is 7.25. The van der Waals surface area contributed by atoms with E-state index in [1.54, 1.807) is 4.90 Å². The van der Waals surface area contributed by atoms with Crippen LogP contribution in [0.15, 0.2) is 12.1 Å². The molecule has 0 atom stereocenters. The number of fused-ring (bicyclic) bond motifs is 1. The highest BCUT2D eigenvalue weighted by Gasteiger charge is 2.27. The lowest BCUT2D eigenvalue weighted by Crippen LogP contribution is -2.50. The largest absolute Gasteiger partial charge is 0.467 e. The van der Waals surface area contributed by atoms with Crippen LogP contribution in [0.3, 0.4) is 0 Å². The van der Waals surface area contributed by atoms with E-state index in [0.717, 1.165) is 17.4 Å². The second kappa shape index (κ2) is 8.50. The van der Waals surface area contributed by atoms with Gasteiger partial charge in [0.15, 0.2) is 5.82 Å². The Morgan fingerprint density at radius 1 is 1.23 bits per heavy atom. The van der Waals surface area contributed by atoms with E-state index < -0.39 is 17.7 Å². The predicted molar refractivity (Wildman–Crippen MR) is 104 cm³/mol. The Morgan fingerprint density at radius 3 is 2.73 bits per heavy atom. The molecule has 2 aliphatic rings. The summed E-state index contributed by atoms with van der Waals surface area (Å²) in [7, 11) is 0. The van der Waals surface area contributed by atoms with Crippen LogP contribution in [0.4, 0.5) is 13.6 Å². The predicted octanol–water partition coefficient (Wildman–Crippen LogP) is 2.28. The Balaban J connectivity index is 1.25. The molecule has 1 N–H and O–H groups in total. The first kappa shape index (κ1) is 20.5. The summed E-state index contributed by atoms with van der Waals surface area (Å²) in [4.78, 5) is 42.6. The summed E-state index contributed by atoms with van der Waals surface area (Å²) in [5.41, 5.74) is 0.0902. The molecule has 1 aromatic heterocycles. The van der Waals surface area contributed by atoms with E-state index >= 15 is 0 Å². The monoisotopic (exact) mass is 438 g/mol. The zero-order chi connectivity index (χ0) is 21.3. The van der Waals surface area contributed by atoms with Gasteiger partial charge in [-0.1, -0.05) is 11.3 Å². The Kier molecular flexibility index (Phi) is 5.80. The summed E-state index contributed by atoms with van der Waals surface area (Å²) in [6.07, 6.45) is 1.45. The molecular weight excluding hydrogens is 418 g/mol. The lowest BCUT2D eigenvalue weighted by molar-refractivity contribution is -0.133. The number of piperidine rings is 1. The number of nitrogens with zero attached hydrogens (tertiary/aromatic N) is 3. The van der Waals surface area contributed by atoms with Crippen LogP contribution in [-0.4, -0.2) is 64.9 Å². The summed E-state index contributed by atoms with van der Waals surface area (Å²) in [6, 6.07) is 1.56. The highest BCUT2D eigenvalue weighted by molar-refractivity contribution is 7.20. The van der Waals surface area contributed by atoms with Gasteiger partial charge in [0.25, 0.3) is 5.19 Å². The van der Waals surface area contributed by atoms with Crippen LogP contribution in [0, 0.1) is 11.6 Å². The molecule has 0 unspecified atom stereocenters. The van der Waals surface area contributed by atoms with Gasteiger partial charge in [0, 0.05) is 57.9 Å². The van der Waals surface area contributed by atoms with Crippen molar-refractivity contribution in [2.45, 2.75) is 31.8 Å². The van der Waals surface area contributed by atoms with Crippen LogP contribution in [0.5, 0.6) is 5.19 Å². The summed E-state index contributed by atoms with van der Waals surface area (Å²) in [5, 5.41) is 2.52. The number of halogens is 2. The van der Waals surface area contributed by atoms with Gasteiger partial charge in [0.2, 0.25) is 11.8 Å². The highest BCUT2D eigenvalue weighted by atomic mass is 32.1. The molecule has 0 spiro atoms. The van der Waals surface area contributed by atoms with E-state index in [-0.39, 0.29) is 48.0 Å². The second-order valence-corrected chi connectivity index (χ2v) is 8.25. The average molecular weight is 438 g/mol. The molecule has 0 radical (unpaired) electrons. The number of ether oxygens (including phenoxy) is 1. The smallest absolute Gasteiger partial charge is 0.324 e. The van der Waals surface area contributed by atoms with E-state index in [9.17, 15) is 23.2 Å². The lowest BCUT2D eigenvalue weighted by Gasteiger charge is -2.32. The number of hydrogen-bond acceptors (Lipinski definition) is 6. The van der Waals surface area contributed by atoms with Crippen molar-refractivity contribution in [2.24, 2.45) is 0 Å². The highest BCUT2D eigenvalue weighted by Crippen LogP contribution is 2.32. The number of hydrogen-bond donors (Lipinski definition) is 1. The van der Waals surface area contributed by atoms with Crippen molar-refractivity contribution in [3.05, 3.63) is 23.8 Å². The first-order valence-corrected chi connectivity index (χ1v) is 10.5. The van der Waals surface area contributed by atoms with Crippen LogP contribution >= 0.6 is 11.3 Å². The number of amides is 4. The number of imide groups is 1. The number of thiazole rings is 1. The normalized spacial score (nSPS) is 18.1. The number of carbonyl (C=O) groups excluding carboxylic acids is 3. The van der Waals surface area contributed by atoms with Gasteiger partial charge in [-0.2, -0.15) is 4.98 Å². The third-order valence-electron chi connectivity index (χ3n) is 5.19. The van der Waals surface area contributed by atoms with Crippen LogP contribution in [0.25, 0.3) is 10.2 Å². The maximum Gasteiger partial charge on any atom is 0.324 e. The molecule has 2 fully saturated rings. The molecule has 4 rings (SSSR count). The Hall–Kier alpha value is -2.82. The number of nitrogens with one attached hydrogen (secondary N) is 1. The fourth-order valence-corrected chi connectivity index (χ4v) is 4.47. The molecule has 1 aromatic carbocycles. The van der Waals surface area contributed by atoms with Crippen LogP contribution in [0.2, 0.25) is 0 Å². The molecule has 2 saturated heterocycles. The summed E-state index contributed by atoms with van der Waals surface area (Å²) in [5.74, 6) is -1.74. The van der Waals surface area contributed by atoms with Gasteiger partial charge in [-0.3, -0.25) is 14.9 Å². The molecular formula is C19H20F2N4O4S. The number of aromatic nitrogens is 1. The van der Waals surface area contributed by atoms with Crippen LogP contribution < -0.4 is 10.1 Å². The van der Waals surface area contributed by atoms with Gasteiger partial charge in [-0.05, 0) is 6.07 Å². The number of carbonyl (C=O) groups is 3. The van der Waals surface area contributed by atoms with Gasteiger partial charge in [-0.25, -0.2) is 13.6 Å². The Bertz CT molecular complexity index is 990. The van der Waals surface area contributed by atoms with Crippen molar-refractivity contribution in [3.63, 3.8) is 0 Å². The number of benzene rings is 1. The van der Waals surface area contributed by atoms with E-state index in [1.165, 1.54) is 11.0 Å². The van der Waals surface area contributed by atoms with Gasteiger partial charge in [-0.15, -0.1) is 0 Å². The Morgan fingerprint density at radius 2 is 2.00 bits per heavy atom. The molecule has 2 aliphatic heterocycles. The number of rotatable bonds is 5. The summed E-state index contributed by atoms with van der Waals surface area (Å²) >= 11 is 1.09. The third-order valence-corrected chi connectivity index (χ3v) is 6.09. The van der Waals surface area contributed by atoms with Gasteiger partial charge in [0.05, 0.1) is 4.70 Å². The standard InChI is InChI=1S/C19H20F2N4O4S/c20-11-9-13(21)17-14(10-11)30-19(23-17)29-12-1-5-24(6-2-12)16(27)4-8-25-7-3-15(26)22-18(25)28/h9-10,12H,1-8H2,(H,22,26,28). The molecule has 160 valence electrons. The van der Waals surface area contributed by atoms with Crippen molar-refractivity contribution in [3.8, 4) is 5.19 Å². The molecule has 0 saturated carbocycles. The maximum atomic E-state index is 13.8. The fraction of sp³-hybridized carbons (Fsp3) is 0.474. The first-order chi connectivity index (χ1) is 14.4. The molecule has 4 amide bonds. The van der Waals surface area contributed by atoms with E-state index in [2.05, 4.69) is 10.3 Å². The Labute approximate surface area is 174 Å². The minimum absolute atomic E-state index is 0.0596. The SMILES string of the molecule is O=C1CCN(CCC(=O)N2CCC(Oc3nc4c(F)cc(F)cc4s3)CC2)C(=O)N1. The fourth-order valence-electron chi connectivity index (χ4n) is 3.55. The van der Waals surface area contributed by atoms with Gasteiger partial charge < -0.3 is 14.5 Å². The minimum Gasteiger partial charge on any atom is -0.467 e. The van der Waals surface area contributed by atoms with Crippen molar-refractivity contribution < 1.29 is 27.9 Å². The molecule has 0 aliphatic carbocycles. The van der Waals surface area contributed by atoms with Crippen molar-refractivity contribution in [1.82, 2.24) is 20.1 Å². The topological polar surface area (TPSA) is 91.8 Å². The zero-order valence-electron chi connectivity index (χ0n) is 16.0. The molecule has 30 heavy (non-hydrogen) atoms. The summed E-state index contributed by atoms with van der Waals surface area (Å²) < 4.78 is 33.3. The molecule has 2 aromatic rings. The summed E-state index contributed by atoms with van der Waals surface area (Å²) in [6.45, 7) is 1.59. The molecule has 11 heteroatoms. The van der Waals surface area contributed by atoms with Crippen molar-refractivity contribution in [1.29, 1.82) is 0 Å². The van der Waals surface area contributed by atoms with Crippen LogP contribution in [-0.2, 0) is 9.59 Å². The number of urea groups is 1. The minimum atomic E-state index is -0.719. The first-order valence-electron chi connectivity index (χ1n) is 9.68. The van der Waals surface area contributed by atoms with E-state index in [4.69, 9.17) is 4.74 Å². The quantitative estimate of drug-likeness (QED) is 0.773. The van der Waals surface area contributed by atoms with E-state index in [1.807, 2.05) is 0 Å². The number of likely N-dealkylation sites (tertiary alicyclic amines) is 1. The molecule has 8 nitrogen and oxygen atoms in total. The van der Waals surface area contributed by atoms with E-state index in [0.29, 0.717) is 37.2 Å². The van der Waals surface area contributed by atoms with Gasteiger partial charge >= 0.3 is 6.03 Å². The van der Waals surface area contributed by atoms with Gasteiger partial charge in [0.1, 0.15) is 17.4 Å².